The number of H-pyrrole nitrogens is 1. The molecule has 0 saturated heterocycles. The summed E-state index contributed by atoms with van der Waals surface area (Å²) in [6.07, 6.45) is 2.78. The van der Waals surface area contributed by atoms with Crippen LogP contribution in [0.3, 0.4) is 0 Å². The van der Waals surface area contributed by atoms with Crippen LogP contribution in [0.25, 0.3) is 0 Å². The summed E-state index contributed by atoms with van der Waals surface area (Å²) in [5.74, 6) is -0.732. The maximum absolute atomic E-state index is 11.9. The standard InChI is InChI=1S/C12H17N3O3/c1-8(2)14-11(17)7-15(3)12(18)9-6-13-5-4-10(9)16/h4-6,8H,7H2,1-3H3,(H,13,16)(H,14,17). The van der Waals surface area contributed by atoms with E-state index in [1.807, 2.05) is 13.8 Å². The summed E-state index contributed by atoms with van der Waals surface area (Å²) >= 11 is 0. The Hall–Kier alpha value is -2.11. The number of rotatable bonds is 4. The highest BCUT2D eigenvalue weighted by atomic mass is 16.2. The van der Waals surface area contributed by atoms with Gasteiger partial charge in [0.25, 0.3) is 5.91 Å². The highest BCUT2D eigenvalue weighted by Crippen LogP contribution is 1.96. The minimum absolute atomic E-state index is 0.0149. The number of aromatic amines is 1. The van der Waals surface area contributed by atoms with Crippen LogP contribution < -0.4 is 10.7 Å². The zero-order valence-electron chi connectivity index (χ0n) is 10.7. The molecule has 6 nitrogen and oxygen atoms in total. The number of likely N-dealkylation sites (N-methyl/N-ethyl adjacent to an activating group) is 1. The molecule has 0 radical (unpaired) electrons. The van der Waals surface area contributed by atoms with Gasteiger partial charge in [0.2, 0.25) is 5.91 Å². The molecule has 98 valence electrons. The Morgan fingerprint density at radius 1 is 1.44 bits per heavy atom. The quantitative estimate of drug-likeness (QED) is 0.788. The molecule has 6 heteroatoms. The highest BCUT2D eigenvalue weighted by Gasteiger charge is 2.17. The highest BCUT2D eigenvalue weighted by molar-refractivity contribution is 5.95. The molecule has 1 heterocycles. The number of hydrogen-bond donors (Lipinski definition) is 2. The molecule has 0 aliphatic rings. The predicted molar refractivity (Wildman–Crippen MR) is 67.3 cm³/mol. The van der Waals surface area contributed by atoms with E-state index in [0.29, 0.717) is 0 Å². The minimum Gasteiger partial charge on any atom is -0.367 e. The van der Waals surface area contributed by atoms with Crippen molar-refractivity contribution in [3.05, 3.63) is 34.2 Å². The summed E-state index contributed by atoms with van der Waals surface area (Å²) in [5.41, 5.74) is -0.341. The Kier molecular flexibility index (Phi) is 4.65. The van der Waals surface area contributed by atoms with Crippen LogP contribution in [0.1, 0.15) is 24.2 Å². The first-order chi connectivity index (χ1) is 8.41. The molecule has 18 heavy (non-hydrogen) atoms. The number of pyridine rings is 1. The van der Waals surface area contributed by atoms with Crippen LogP contribution in [0.4, 0.5) is 0 Å². The first-order valence-electron chi connectivity index (χ1n) is 5.63. The molecule has 1 aromatic rings. The van der Waals surface area contributed by atoms with Gasteiger partial charge in [0.05, 0.1) is 6.54 Å². The fraction of sp³-hybridized carbons (Fsp3) is 0.417. The van der Waals surface area contributed by atoms with Gasteiger partial charge in [-0.1, -0.05) is 0 Å². The van der Waals surface area contributed by atoms with Crippen molar-refractivity contribution in [2.24, 2.45) is 0 Å². The molecule has 1 rings (SSSR count). The molecular weight excluding hydrogens is 234 g/mol. The monoisotopic (exact) mass is 251 g/mol. The summed E-state index contributed by atoms with van der Waals surface area (Å²) in [5, 5.41) is 2.68. The van der Waals surface area contributed by atoms with Crippen molar-refractivity contribution in [2.45, 2.75) is 19.9 Å². The maximum atomic E-state index is 11.9. The number of nitrogens with one attached hydrogen (secondary N) is 2. The molecule has 0 saturated carbocycles. The van der Waals surface area contributed by atoms with Gasteiger partial charge in [0.15, 0.2) is 5.43 Å². The van der Waals surface area contributed by atoms with Crippen LogP contribution in [0.5, 0.6) is 0 Å². The smallest absolute Gasteiger partial charge is 0.259 e. The normalized spacial score (nSPS) is 10.2. The Bertz CT molecular complexity index is 493. The second kappa shape index (κ2) is 6.00. The number of aromatic nitrogens is 1. The van der Waals surface area contributed by atoms with Gasteiger partial charge in [0, 0.05) is 31.5 Å². The van der Waals surface area contributed by atoms with E-state index in [-0.39, 0.29) is 29.5 Å². The lowest BCUT2D eigenvalue weighted by Gasteiger charge is -2.17. The van der Waals surface area contributed by atoms with E-state index >= 15 is 0 Å². The number of carbonyl (C=O) groups is 2. The fourth-order valence-electron chi connectivity index (χ4n) is 1.44. The largest absolute Gasteiger partial charge is 0.367 e. The van der Waals surface area contributed by atoms with Gasteiger partial charge in [-0.3, -0.25) is 14.4 Å². The zero-order valence-corrected chi connectivity index (χ0v) is 10.7. The first kappa shape index (κ1) is 14.0. The summed E-state index contributed by atoms with van der Waals surface area (Å²) in [7, 11) is 1.48. The fourth-order valence-corrected chi connectivity index (χ4v) is 1.44. The van der Waals surface area contributed by atoms with Crippen LogP contribution in [-0.4, -0.2) is 41.3 Å². The van der Waals surface area contributed by atoms with Crippen molar-refractivity contribution < 1.29 is 9.59 Å². The van der Waals surface area contributed by atoms with Gasteiger partial charge >= 0.3 is 0 Å². The van der Waals surface area contributed by atoms with Gasteiger partial charge in [0.1, 0.15) is 5.56 Å². The van der Waals surface area contributed by atoms with E-state index in [2.05, 4.69) is 10.3 Å². The topological polar surface area (TPSA) is 82.3 Å². The van der Waals surface area contributed by atoms with Gasteiger partial charge in [-0.05, 0) is 13.8 Å². The SMILES string of the molecule is CC(C)NC(=O)CN(C)C(=O)c1c[nH]ccc1=O. The third-order valence-electron chi connectivity index (χ3n) is 2.23. The lowest BCUT2D eigenvalue weighted by atomic mass is 10.2. The van der Waals surface area contributed by atoms with Crippen molar-refractivity contribution in [3.8, 4) is 0 Å². The van der Waals surface area contributed by atoms with Crippen LogP contribution in [0, 0.1) is 0 Å². The Balaban J connectivity index is 2.71. The minimum atomic E-state index is -0.476. The summed E-state index contributed by atoms with van der Waals surface area (Å²) in [6.45, 7) is 3.59. The summed E-state index contributed by atoms with van der Waals surface area (Å²) in [4.78, 5) is 38.8. The molecule has 0 spiro atoms. The second-order valence-electron chi connectivity index (χ2n) is 4.31. The summed E-state index contributed by atoms with van der Waals surface area (Å²) in [6, 6.07) is 1.29. The van der Waals surface area contributed by atoms with E-state index in [1.54, 1.807) is 0 Å². The van der Waals surface area contributed by atoms with E-state index in [4.69, 9.17) is 0 Å². The molecule has 0 bridgehead atoms. The van der Waals surface area contributed by atoms with E-state index in [1.165, 1.54) is 30.4 Å². The average Bonchev–Trinajstić information content (AvgIpc) is 2.27. The molecule has 0 aromatic carbocycles. The van der Waals surface area contributed by atoms with Gasteiger partial charge in [-0.25, -0.2) is 0 Å². The van der Waals surface area contributed by atoms with Crippen molar-refractivity contribution >= 4 is 11.8 Å². The molecule has 0 aliphatic carbocycles. The van der Waals surface area contributed by atoms with Crippen LogP contribution in [0.2, 0.25) is 0 Å². The van der Waals surface area contributed by atoms with Crippen LogP contribution >= 0.6 is 0 Å². The summed E-state index contributed by atoms with van der Waals surface area (Å²) < 4.78 is 0. The average molecular weight is 251 g/mol. The predicted octanol–water partition coefficient (Wildman–Crippen LogP) is -0.0285. The zero-order chi connectivity index (χ0) is 13.7. The third-order valence-corrected chi connectivity index (χ3v) is 2.23. The van der Waals surface area contributed by atoms with Gasteiger partial charge in [-0.2, -0.15) is 0 Å². The molecule has 2 amide bonds. The van der Waals surface area contributed by atoms with E-state index in [9.17, 15) is 14.4 Å². The Morgan fingerprint density at radius 3 is 2.67 bits per heavy atom. The maximum Gasteiger partial charge on any atom is 0.259 e. The lowest BCUT2D eigenvalue weighted by Crippen LogP contribution is -2.41. The number of nitrogens with zero attached hydrogens (tertiary/aromatic N) is 1. The van der Waals surface area contributed by atoms with Crippen molar-refractivity contribution in [3.63, 3.8) is 0 Å². The van der Waals surface area contributed by atoms with Crippen molar-refractivity contribution in [1.82, 2.24) is 15.2 Å². The van der Waals surface area contributed by atoms with E-state index in [0.717, 1.165) is 0 Å². The molecule has 0 atom stereocenters. The molecule has 0 unspecified atom stereocenters. The molecular formula is C12H17N3O3. The second-order valence-corrected chi connectivity index (χ2v) is 4.31. The van der Waals surface area contributed by atoms with E-state index < -0.39 is 5.91 Å². The Labute approximate surface area is 105 Å². The van der Waals surface area contributed by atoms with Crippen molar-refractivity contribution in [2.75, 3.05) is 13.6 Å². The van der Waals surface area contributed by atoms with Gasteiger partial charge < -0.3 is 15.2 Å². The van der Waals surface area contributed by atoms with Crippen LogP contribution in [0.15, 0.2) is 23.3 Å². The first-order valence-corrected chi connectivity index (χ1v) is 5.63. The molecule has 1 aromatic heterocycles. The van der Waals surface area contributed by atoms with Gasteiger partial charge in [-0.15, -0.1) is 0 Å². The number of amides is 2. The molecule has 0 fully saturated rings. The lowest BCUT2D eigenvalue weighted by molar-refractivity contribution is -0.122. The van der Waals surface area contributed by atoms with Crippen molar-refractivity contribution in [1.29, 1.82) is 0 Å². The molecule has 2 N–H and O–H groups in total. The molecule has 0 aliphatic heterocycles. The third kappa shape index (κ3) is 3.73. The number of carbonyl (C=O) groups excluding carboxylic acids is 2. The van der Waals surface area contributed by atoms with Crippen LogP contribution in [-0.2, 0) is 4.79 Å². The Morgan fingerprint density at radius 2 is 2.11 bits per heavy atom. The number of hydrogen-bond acceptors (Lipinski definition) is 3.